The van der Waals surface area contributed by atoms with Crippen LogP contribution in [0.5, 0.6) is 0 Å². The molecule has 5 aliphatic rings. The lowest BCUT2D eigenvalue weighted by Gasteiger charge is -2.59. The van der Waals surface area contributed by atoms with Gasteiger partial charge in [-0.25, -0.2) is 4.79 Å². The quantitative estimate of drug-likeness (QED) is 0.505. The van der Waals surface area contributed by atoms with Crippen LogP contribution in [0, 0.1) is 15.9 Å². The van der Waals surface area contributed by atoms with Gasteiger partial charge in [-0.05, 0) is 82.4 Å². The van der Waals surface area contributed by atoms with Gasteiger partial charge < -0.3 is 19.3 Å². The molecule has 0 N–H and O–H groups in total. The lowest BCUT2D eigenvalue weighted by molar-refractivity contribution is -0.0931. The summed E-state index contributed by atoms with van der Waals surface area (Å²) < 4.78 is 14.6. The Balaban J connectivity index is 1.12. The Morgan fingerprint density at radius 1 is 1.12 bits per heavy atom. The van der Waals surface area contributed by atoms with E-state index in [0.29, 0.717) is 12.1 Å². The third-order valence-electron chi connectivity index (χ3n) is 8.81. The number of halogens is 1. The van der Waals surface area contributed by atoms with Crippen LogP contribution in [0.2, 0.25) is 0 Å². The molecule has 1 aromatic rings. The van der Waals surface area contributed by atoms with Crippen molar-refractivity contribution in [2.45, 2.75) is 83.0 Å². The molecule has 34 heavy (non-hydrogen) atoms. The molecule has 2 saturated carbocycles. The Morgan fingerprint density at radius 3 is 2.38 bits per heavy atom. The summed E-state index contributed by atoms with van der Waals surface area (Å²) >= 11 is 2.52. The number of ether oxygens (including phenoxy) is 2. The molecule has 4 heterocycles. The summed E-state index contributed by atoms with van der Waals surface area (Å²) in [5.74, 6) is 1.20. The third kappa shape index (κ3) is 3.75. The van der Waals surface area contributed by atoms with Crippen molar-refractivity contribution in [2.24, 2.45) is 5.41 Å². The number of carbonyl (C=O) groups excluding carboxylic acids is 1. The van der Waals surface area contributed by atoms with E-state index in [-0.39, 0.29) is 17.0 Å². The first-order valence-electron chi connectivity index (χ1n) is 12.9. The highest BCUT2D eigenvalue weighted by Gasteiger charge is 2.56. The van der Waals surface area contributed by atoms with Gasteiger partial charge in [-0.15, -0.1) is 0 Å². The van der Waals surface area contributed by atoms with Gasteiger partial charge in [-0.1, -0.05) is 0 Å². The van der Waals surface area contributed by atoms with Crippen molar-refractivity contribution in [3.63, 3.8) is 0 Å². The largest absolute Gasteiger partial charge is 0.444 e. The summed E-state index contributed by atoms with van der Waals surface area (Å²) in [4.78, 5) is 19.5. The zero-order valence-electron chi connectivity index (χ0n) is 21.0. The number of nitrogens with zero attached hydrogens (tertiary/aromatic N) is 5. The van der Waals surface area contributed by atoms with Crippen LogP contribution in [0.1, 0.15) is 64.6 Å². The molecular formula is C25H38IN5O3. The van der Waals surface area contributed by atoms with Crippen LogP contribution >= 0.6 is 22.6 Å². The van der Waals surface area contributed by atoms with Gasteiger partial charge in [0.25, 0.3) is 0 Å². The van der Waals surface area contributed by atoms with E-state index < -0.39 is 5.60 Å². The molecule has 1 aromatic heterocycles. The minimum Gasteiger partial charge on any atom is -0.444 e. The molecule has 6 rings (SSSR count). The average Bonchev–Trinajstić information content (AvgIpc) is 2.90. The van der Waals surface area contributed by atoms with Crippen molar-refractivity contribution in [2.75, 3.05) is 50.8 Å². The van der Waals surface area contributed by atoms with Gasteiger partial charge in [0.2, 0.25) is 0 Å². The summed E-state index contributed by atoms with van der Waals surface area (Å²) in [6.07, 6.45) is 5.89. The fraction of sp³-hybridized carbons (Fsp3) is 0.840. The van der Waals surface area contributed by atoms with Crippen LogP contribution in [-0.4, -0.2) is 88.8 Å². The molecule has 0 atom stereocenters. The van der Waals surface area contributed by atoms with E-state index >= 15 is 0 Å². The number of hydrogen-bond donors (Lipinski definition) is 0. The molecule has 0 radical (unpaired) electrons. The first-order valence-corrected chi connectivity index (χ1v) is 14.0. The van der Waals surface area contributed by atoms with Gasteiger partial charge in [0.1, 0.15) is 5.60 Å². The summed E-state index contributed by atoms with van der Waals surface area (Å²) in [6.45, 7) is 14.7. The van der Waals surface area contributed by atoms with Crippen molar-refractivity contribution >= 4 is 34.5 Å². The Morgan fingerprint density at radius 2 is 1.82 bits per heavy atom. The fourth-order valence-corrected chi connectivity index (χ4v) is 7.34. The molecule has 3 saturated heterocycles. The Hall–Kier alpha value is -1.07. The first kappa shape index (κ1) is 23.3. The van der Waals surface area contributed by atoms with Crippen LogP contribution in [-0.2, 0) is 9.47 Å². The van der Waals surface area contributed by atoms with Crippen molar-refractivity contribution in [1.82, 2.24) is 19.6 Å². The Labute approximate surface area is 216 Å². The molecule has 8 nitrogen and oxygen atoms in total. The highest BCUT2D eigenvalue weighted by Crippen LogP contribution is 2.55. The summed E-state index contributed by atoms with van der Waals surface area (Å²) in [5, 5.41) is 5.25. The van der Waals surface area contributed by atoms with Crippen LogP contribution < -0.4 is 4.90 Å². The predicted octanol–water partition coefficient (Wildman–Crippen LogP) is 3.81. The predicted molar refractivity (Wildman–Crippen MR) is 138 cm³/mol. The minimum absolute atomic E-state index is 0.174. The standard InChI is InChI=1S/C25H38IN5O3/c1-17-20(26)21(30-9-8-28(19-12-33-13-19)16-25(30)6-5-7-25)27-31(17)18-10-24(11-18)14-29(15-24)22(32)34-23(2,3)4/h18-19H,5-16H2,1-4H3. The number of piperazine rings is 1. The van der Waals surface area contributed by atoms with Crippen LogP contribution in [0.4, 0.5) is 10.6 Å². The Kier molecular flexibility index (Phi) is 5.47. The second-order valence-electron chi connectivity index (χ2n) is 12.5. The van der Waals surface area contributed by atoms with E-state index in [1.54, 1.807) is 0 Å². The topological polar surface area (TPSA) is 63.1 Å². The van der Waals surface area contributed by atoms with Gasteiger partial charge in [-0.3, -0.25) is 9.58 Å². The molecule has 9 heteroatoms. The zero-order chi connectivity index (χ0) is 23.9. The highest BCUT2D eigenvalue weighted by molar-refractivity contribution is 14.1. The molecule has 2 spiro atoms. The molecule has 0 aromatic carbocycles. The van der Waals surface area contributed by atoms with Gasteiger partial charge in [-0.2, -0.15) is 5.10 Å². The first-order chi connectivity index (χ1) is 16.1. The fourth-order valence-electron chi connectivity index (χ4n) is 6.70. The number of anilines is 1. The minimum atomic E-state index is -0.434. The second kappa shape index (κ2) is 7.96. The van der Waals surface area contributed by atoms with E-state index in [4.69, 9.17) is 14.6 Å². The SMILES string of the molecule is Cc1c(I)c(N2CCN(C3COC3)CC23CCC3)nn1C1CC2(C1)CN(C(=O)OC(C)(C)C)C2. The van der Waals surface area contributed by atoms with Gasteiger partial charge in [0.15, 0.2) is 5.82 Å². The number of likely N-dealkylation sites (tertiary alicyclic amines) is 1. The third-order valence-corrected chi connectivity index (χ3v) is 10.1. The maximum absolute atomic E-state index is 12.3. The maximum Gasteiger partial charge on any atom is 0.410 e. The number of amides is 1. The van der Waals surface area contributed by atoms with E-state index in [0.717, 1.165) is 58.8 Å². The lowest BCUT2D eigenvalue weighted by Crippen LogP contribution is -2.69. The monoisotopic (exact) mass is 583 g/mol. The van der Waals surface area contributed by atoms with Crippen molar-refractivity contribution in [3.05, 3.63) is 9.26 Å². The average molecular weight is 584 g/mol. The molecular weight excluding hydrogens is 545 g/mol. The lowest BCUT2D eigenvalue weighted by atomic mass is 9.61. The van der Waals surface area contributed by atoms with Gasteiger partial charge in [0.05, 0.1) is 40.1 Å². The van der Waals surface area contributed by atoms with E-state index in [2.05, 4.69) is 44.0 Å². The van der Waals surface area contributed by atoms with E-state index in [1.807, 2.05) is 25.7 Å². The second-order valence-corrected chi connectivity index (χ2v) is 13.5. The van der Waals surface area contributed by atoms with Crippen molar-refractivity contribution in [1.29, 1.82) is 0 Å². The highest BCUT2D eigenvalue weighted by atomic mass is 127. The maximum atomic E-state index is 12.3. The van der Waals surface area contributed by atoms with E-state index in [9.17, 15) is 4.79 Å². The molecule has 188 valence electrons. The number of aromatic nitrogens is 2. The van der Waals surface area contributed by atoms with Crippen LogP contribution in [0.15, 0.2) is 0 Å². The Bertz CT molecular complexity index is 966. The molecule has 0 unspecified atom stereocenters. The number of hydrogen-bond acceptors (Lipinski definition) is 6. The number of carbonyl (C=O) groups is 1. The smallest absolute Gasteiger partial charge is 0.410 e. The van der Waals surface area contributed by atoms with Crippen molar-refractivity contribution in [3.8, 4) is 0 Å². The molecule has 2 aliphatic carbocycles. The summed E-state index contributed by atoms with van der Waals surface area (Å²) in [5.41, 5.74) is 1.37. The zero-order valence-corrected chi connectivity index (χ0v) is 23.1. The van der Waals surface area contributed by atoms with Gasteiger partial charge >= 0.3 is 6.09 Å². The van der Waals surface area contributed by atoms with Crippen molar-refractivity contribution < 1.29 is 14.3 Å². The summed E-state index contributed by atoms with van der Waals surface area (Å²) in [6, 6.07) is 1.06. The molecule has 1 amide bonds. The van der Waals surface area contributed by atoms with E-state index in [1.165, 1.54) is 34.3 Å². The number of rotatable bonds is 3. The molecule has 5 fully saturated rings. The van der Waals surface area contributed by atoms with Crippen LogP contribution in [0.3, 0.4) is 0 Å². The summed E-state index contributed by atoms with van der Waals surface area (Å²) in [7, 11) is 0. The molecule has 3 aliphatic heterocycles. The molecule has 0 bridgehead atoms. The normalized spacial score (nSPS) is 26.7. The van der Waals surface area contributed by atoms with Crippen LogP contribution in [0.25, 0.3) is 0 Å². The van der Waals surface area contributed by atoms with Gasteiger partial charge in [0, 0.05) is 38.1 Å².